The van der Waals surface area contributed by atoms with E-state index in [-0.39, 0.29) is 18.0 Å². The van der Waals surface area contributed by atoms with Crippen LogP contribution in [0.25, 0.3) is 11.1 Å². The molecule has 0 aromatic heterocycles. The summed E-state index contributed by atoms with van der Waals surface area (Å²) in [6.07, 6.45) is 3.99. The van der Waals surface area contributed by atoms with Crippen molar-refractivity contribution in [1.82, 2.24) is 15.1 Å². The highest BCUT2D eigenvalue weighted by Crippen LogP contribution is 2.22. The molecule has 158 valence electrons. The Kier molecular flexibility index (Phi) is 6.33. The lowest BCUT2D eigenvalue weighted by molar-refractivity contribution is -0.122. The van der Waals surface area contributed by atoms with Crippen LogP contribution < -0.4 is 10.6 Å². The zero-order valence-electron chi connectivity index (χ0n) is 17.5. The summed E-state index contributed by atoms with van der Waals surface area (Å²) in [5, 5.41) is 6.04. The number of anilines is 1. The summed E-state index contributed by atoms with van der Waals surface area (Å²) in [5.74, 6) is 0.126. The first-order chi connectivity index (χ1) is 14.6. The Morgan fingerprint density at radius 1 is 0.933 bits per heavy atom. The molecule has 1 heterocycles. The van der Waals surface area contributed by atoms with Gasteiger partial charge in [0, 0.05) is 37.9 Å². The third-order valence-electron chi connectivity index (χ3n) is 5.98. The molecule has 2 aromatic carbocycles. The molecule has 2 aromatic rings. The number of nitrogens with one attached hydrogen (secondary N) is 2. The van der Waals surface area contributed by atoms with E-state index in [0.29, 0.717) is 12.6 Å². The van der Waals surface area contributed by atoms with E-state index in [1.54, 1.807) is 4.90 Å². The molecule has 0 bridgehead atoms. The second kappa shape index (κ2) is 9.30. The lowest BCUT2D eigenvalue weighted by Gasteiger charge is -2.36. The van der Waals surface area contributed by atoms with Crippen LogP contribution in [0.15, 0.2) is 54.6 Å². The lowest BCUT2D eigenvalue weighted by Crippen LogP contribution is -2.49. The van der Waals surface area contributed by atoms with Gasteiger partial charge in [0.15, 0.2) is 0 Å². The Labute approximate surface area is 178 Å². The van der Waals surface area contributed by atoms with E-state index in [9.17, 15) is 9.59 Å². The molecule has 0 atom stereocenters. The van der Waals surface area contributed by atoms with Gasteiger partial charge in [-0.3, -0.25) is 9.69 Å². The topological polar surface area (TPSA) is 64.7 Å². The Morgan fingerprint density at radius 2 is 1.57 bits per heavy atom. The van der Waals surface area contributed by atoms with Crippen LogP contribution in [-0.4, -0.2) is 60.5 Å². The van der Waals surface area contributed by atoms with E-state index in [0.717, 1.165) is 55.6 Å². The van der Waals surface area contributed by atoms with Crippen molar-refractivity contribution < 1.29 is 9.59 Å². The Hall–Kier alpha value is -2.86. The van der Waals surface area contributed by atoms with Crippen LogP contribution in [0, 0.1) is 0 Å². The second-order valence-corrected chi connectivity index (χ2v) is 8.33. The molecule has 6 nitrogen and oxygen atoms in total. The van der Waals surface area contributed by atoms with Gasteiger partial charge in [0.1, 0.15) is 0 Å². The van der Waals surface area contributed by atoms with Gasteiger partial charge in [0.25, 0.3) is 0 Å². The first kappa shape index (κ1) is 20.4. The van der Waals surface area contributed by atoms with Gasteiger partial charge in [0.2, 0.25) is 5.91 Å². The van der Waals surface area contributed by atoms with Crippen LogP contribution in [0.2, 0.25) is 0 Å². The van der Waals surface area contributed by atoms with Gasteiger partial charge >= 0.3 is 6.03 Å². The predicted octanol–water partition coefficient (Wildman–Crippen LogP) is 3.56. The average molecular weight is 407 g/mol. The van der Waals surface area contributed by atoms with Gasteiger partial charge in [-0.15, -0.1) is 0 Å². The molecule has 1 aliphatic heterocycles. The number of urea groups is 1. The third-order valence-corrected chi connectivity index (χ3v) is 5.98. The summed E-state index contributed by atoms with van der Waals surface area (Å²) >= 11 is 0. The largest absolute Gasteiger partial charge is 0.352 e. The fourth-order valence-electron chi connectivity index (χ4n) is 3.92. The van der Waals surface area contributed by atoms with E-state index in [1.807, 2.05) is 49.5 Å². The van der Waals surface area contributed by atoms with Crippen LogP contribution in [0.4, 0.5) is 10.5 Å². The molecule has 0 unspecified atom stereocenters. The van der Waals surface area contributed by atoms with Crippen molar-refractivity contribution in [2.24, 2.45) is 0 Å². The van der Waals surface area contributed by atoms with E-state index in [4.69, 9.17) is 0 Å². The number of hydrogen-bond donors (Lipinski definition) is 2. The van der Waals surface area contributed by atoms with E-state index >= 15 is 0 Å². The van der Waals surface area contributed by atoms with Gasteiger partial charge in [-0.1, -0.05) is 42.5 Å². The van der Waals surface area contributed by atoms with Crippen molar-refractivity contribution in [3.05, 3.63) is 54.6 Å². The van der Waals surface area contributed by atoms with Gasteiger partial charge in [-0.05, 0) is 48.9 Å². The number of carbonyl (C=O) groups excluding carboxylic acids is 2. The quantitative estimate of drug-likeness (QED) is 0.771. The van der Waals surface area contributed by atoms with Gasteiger partial charge in [0.05, 0.1) is 6.54 Å². The standard InChI is InChI=1S/C24H30N4O2/c1-27(22-13-15-28(16-14-22)17-23(29)25-20-11-12-20)24(30)26-21-9-7-19(8-10-21)18-5-3-2-4-6-18/h2-10,20,22H,11-17H2,1H3,(H,25,29)(H,26,30). The van der Waals surface area contributed by atoms with E-state index in [2.05, 4.69) is 27.7 Å². The summed E-state index contributed by atoms with van der Waals surface area (Å²) < 4.78 is 0. The maximum Gasteiger partial charge on any atom is 0.321 e. The van der Waals surface area contributed by atoms with Crippen LogP contribution in [0.3, 0.4) is 0 Å². The lowest BCUT2D eigenvalue weighted by atomic mass is 10.0. The molecule has 1 saturated carbocycles. The Morgan fingerprint density at radius 3 is 2.20 bits per heavy atom. The van der Waals surface area contributed by atoms with Gasteiger partial charge in [-0.25, -0.2) is 4.79 Å². The number of amides is 3. The average Bonchev–Trinajstić information content (AvgIpc) is 3.59. The highest BCUT2D eigenvalue weighted by atomic mass is 16.2. The summed E-state index contributed by atoms with van der Waals surface area (Å²) in [5.41, 5.74) is 3.07. The van der Waals surface area contributed by atoms with Crippen molar-refractivity contribution >= 4 is 17.6 Å². The minimum absolute atomic E-state index is 0.0904. The number of nitrogens with zero attached hydrogens (tertiary/aromatic N) is 2. The van der Waals surface area contributed by atoms with E-state index < -0.39 is 0 Å². The summed E-state index contributed by atoms with van der Waals surface area (Å²) in [7, 11) is 1.85. The Bertz CT molecular complexity index is 857. The maximum absolute atomic E-state index is 12.7. The van der Waals surface area contributed by atoms with Gasteiger partial charge in [-0.2, -0.15) is 0 Å². The normalized spacial score (nSPS) is 17.4. The van der Waals surface area contributed by atoms with Crippen molar-refractivity contribution in [1.29, 1.82) is 0 Å². The van der Waals surface area contributed by atoms with Crippen molar-refractivity contribution in [3.8, 4) is 11.1 Å². The van der Waals surface area contributed by atoms with Crippen molar-refractivity contribution in [2.75, 3.05) is 32.0 Å². The van der Waals surface area contributed by atoms with Crippen LogP contribution >= 0.6 is 0 Å². The molecule has 0 spiro atoms. The molecular weight excluding hydrogens is 376 g/mol. The molecule has 1 saturated heterocycles. The fraction of sp³-hybridized carbons (Fsp3) is 0.417. The molecule has 2 N–H and O–H groups in total. The van der Waals surface area contributed by atoms with Crippen LogP contribution in [-0.2, 0) is 4.79 Å². The first-order valence-electron chi connectivity index (χ1n) is 10.8. The number of carbonyl (C=O) groups is 2. The zero-order valence-corrected chi connectivity index (χ0v) is 17.5. The molecule has 1 aliphatic carbocycles. The zero-order chi connectivity index (χ0) is 20.9. The maximum atomic E-state index is 12.7. The molecule has 0 radical (unpaired) electrons. The minimum Gasteiger partial charge on any atom is -0.352 e. The van der Waals surface area contributed by atoms with Crippen molar-refractivity contribution in [3.63, 3.8) is 0 Å². The highest BCUT2D eigenvalue weighted by Gasteiger charge is 2.28. The Balaban J connectivity index is 1.24. The summed E-state index contributed by atoms with van der Waals surface area (Å²) in [6.45, 7) is 2.14. The number of hydrogen-bond acceptors (Lipinski definition) is 3. The SMILES string of the molecule is CN(C(=O)Nc1ccc(-c2ccccc2)cc1)C1CCN(CC(=O)NC2CC2)CC1. The first-order valence-corrected chi connectivity index (χ1v) is 10.8. The highest BCUT2D eigenvalue weighted by molar-refractivity contribution is 5.89. The number of benzene rings is 2. The molecule has 3 amide bonds. The number of likely N-dealkylation sites (tertiary alicyclic amines) is 1. The predicted molar refractivity (Wildman–Crippen MR) is 119 cm³/mol. The monoisotopic (exact) mass is 406 g/mol. The van der Waals surface area contributed by atoms with Crippen LogP contribution in [0.1, 0.15) is 25.7 Å². The third kappa shape index (κ3) is 5.39. The fourth-order valence-corrected chi connectivity index (χ4v) is 3.92. The molecular formula is C24H30N4O2. The molecule has 2 aliphatic rings. The van der Waals surface area contributed by atoms with E-state index in [1.165, 1.54) is 0 Å². The molecule has 2 fully saturated rings. The number of rotatable bonds is 6. The molecule has 6 heteroatoms. The van der Waals surface area contributed by atoms with Gasteiger partial charge < -0.3 is 15.5 Å². The van der Waals surface area contributed by atoms with Crippen LogP contribution in [0.5, 0.6) is 0 Å². The summed E-state index contributed by atoms with van der Waals surface area (Å²) in [6, 6.07) is 18.6. The summed E-state index contributed by atoms with van der Waals surface area (Å²) in [4.78, 5) is 28.6. The molecule has 30 heavy (non-hydrogen) atoms. The smallest absolute Gasteiger partial charge is 0.321 e. The van der Waals surface area contributed by atoms with Crippen molar-refractivity contribution in [2.45, 2.75) is 37.8 Å². The number of piperidine rings is 1. The second-order valence-electron chi connectivity index (χ2n) is 8.33. The minimum atomic E-state index is -0.0904. The molecule has 4 rings (SSSR count).